The monoisotopic (exact) mass is 391 g/mol. The number of carboxylic acid groups (broad SMARTS) is 1. The lowest BCUT2D eigenvalue weighted by molar-refractivity contribution is -0.140. The Morgan fingerprint density at radius 2 is 1.65 bits per heavy atom. The van der Waals surface area contributed by atoms with Gasteiger partial charge in [0.05, 0.1) is 10.6 Å². The zero-order valence-electron chi connectivity index (χ0n) is 13.9. The summed E-state index contributed by atoms with van der Waals surface area (Å²) in [5, 5.41) is 12.8. The first-order chi connectivity index (χ1) is 12.3. The van der Waals surface area contributed by atoms with Gasteiger partial charge >= 0.3 is 11.9 Å². The first-order valence-corrected chi connectivity index (χ1v) is 8.55. The van der Waals surface area contributed by atoms with Gasteiger partial charge in [-0.1, -0.05) is 28.5 Å². The summed E-state index contributed by atoms with van der Waals surface area (Å²) in [5.74, 6) is -2.00. The van der Waals surface area contributed by atoms with Crippen LogP contribution in [0.15, 0.2) is 57.4 Å². The predicted octanol–water partition coefficient (Wildman–Crippen LogP) is 4.31. The summed E-state index contributed by atoms with van der Waals surface area (Å²) in [6.45, 7) is 2.65. The smallest absolute Gasteiger partial charge is 0.335 e. The Kier molecular flexibility index (Phi) is 6.54. The summed E-state index contributed by atoms with van der Waals surface area (Å²) in [6.07, 6.45) is 0. The van der Waals surface area contributed by atoms with Crippen LogP contribution < -0.4 is 0 Å². The molecule has 134 valence electrons. The Morgan fingerprint density at radius 3 is 2.19 bits per heavy atom. The molecule has 0 unspecified atom stereocenters. The number of rotatable bonds is 6. The number of carbonyl (C=O) groups is 3. The molecule has 0 bridgehead atoms. The number of aromatic carboxylic acids is 1. The summed E-state index contributed by atoms with van der Waals surface area (Å²) in [4.78, 5) is 39.8. The predicted molar refractivity (Wildman–Crippen MR) is 98.2 cm³/mol. The number of hydrogen-bond donors (Lipinski definition) is 1. The van der Waals surface area contributed by atoms with Crippen LogP contribution in [0.25, 0.3) is 0 Å². The maximum Gasteiger partial charge on any atom is 0.335 e. The molecule has 0 aromatic heterocycles. The molecule has 8 heteroatoms. The standard InChI is InChI=1S/C18H14ClNO5S/c1-10(20-25-11(2)21)17(22)12-3-6-14(7-4-12)26-16-8-5-13(18(23)24)9-15(16)19/h3-9H,1-2H3,(H,23,24). The van der Waals surface area contributed by atoms with Crippen molar-refractivity contribution in [3.05, 3.63) is 58.6 Å². The number of oxime groups is 1. The minimum absolute atomic E-state index is 0.0629. The molecule has 0 aliphatic rings. The molecule has 1 N–H and O–H groups in total. The number of carboxylic acids is 1. The molecule has 2 aromatic carbocycles. The average molecular weight is 392 g/mol. The van der Waals surface area contributed by atoms with E-state index in [1.165, 1.54) is 37.7 Å². The minimum Gasteiger partial charge on any atom is -0.478 e. The molecule has 6 nitrogen and oxygen atoms in total. The summed E-state index contributed by atoms with van der Waals surface area (Å²) in [7, 11) is 0. The van der Waals surface area contributed by atoms with Crippen molar-refractivity contribution in [3.63, 3.8) is 0 Å². The van der Waals surface area contributed by atoms with Crippen molar-refractivity contribution < 1.29 is 24.3 Å². The molecule has 2 rings (SSSR count). The Morgan fingerprint density at radius 1 is 1.04 bits per heavy atom. The van der Waals surface area contributed by atoms with E-state index in [1.807, 2.05) is 0 Å². The van der Waals surface area contributed by atoms with Crippen molar-refractivity contribution in [1.82, 2.24) is 0 Å². The van der Waals surface area contributed by atoms with Crippen LogP contribution in [-0.2, 0) is 9.63 Å². The molecule has 0 saturated carbocycles. The van der Waals surface area contributed by atoms with Gasteiger partial charge in [-0.15, -0.1) is 0 Å². The van der Waals surface area contributed by atoms with Gasteiger partial charge < -0.3 is 9.94 Å². The zero-order valence-corrected chi connectivity index (χ0v) is 15.4. The van der Waals surface area contributed by atoms with Gasteiger partial charge in [0.1, 0.15) is 5.71 Å². The van der Waals surface area contributed by atoms with Gasteiger partial charge in [-0.2, -0.15) is 0 Å². The second kappa shape index (κ2) is 8.64. The number of hydrogen-bond acceptors (Lipinski definition) is 6. The van der Waals surface area contributed by atoms with Gasteiger partial charge in [-0.3, -0.25) is 4.79 Å². The molecule has 0 aliphatic carbocycles. The van der Waals surface area contributed by atoms with Crippen LogP contribution in [0, 0.1) is 0 Å². The number of benzene rings is 2. The Bertz CT molecular complexity index is 893. The summed E-state index contributed by atoms with van der Waals surface area (Å²) in [6, 6.07) is 11.2. The zero-order chi connectivity index (χ0) is 19.3. The van der Waals surface area contributed by atoms with Gasteiger partial charge in [-0.05, 0) is 49.4 Å². The highest BCUT2D eigenvalue weighted by Gasteiger charge is 2.12. The summed E-state index contributed by atoms with van der Waals surface area (Å²) < 4.78 is 0. The maximum atomic E-state index is 12.2. The molecule has 0 amide bonds. The average Bonchev–Trinajstić information content (AvgIpc) is 2.61. The van der Waals surface area contributed by atoms with E-state index >= 15 is 0 Å². The van der Waals surface area contributed by atoms with Crippen molar-refractivity contribution >= 4 is 46.8 Å². The normalized spacial score (nSPS) is 11.1. The summed E-state index contributed by atoms with van der Waals surface area (Å²) in [5.41, 5.74) is 0.575. The third-order valence-corrected chi connectivity index (χ3v) is 4.67. The number of Topliss-reactive ketones (excluding diaryl/α,β-unsaturated/α-hetero) is 1. The Labute approximate surface area is 158 Å². The van der Waals surface area contributed by atoms with Crippen LogP contribution >= 0.6 is 23.4 Å². The number of carbonyl (C=O) groups excluding carboxylic acids is 2. The quantitative estimate of drug-likeness (QED) is 0.341. The fraction of sp³-hybridized carbons (Fsp3) is 0.111. The van der Waals surface area contributed by atoms with Crippen LogP contribution in [0.1, 0.15) is 34.6 Å². The number of nitrogens with zero attached hydrogens (tertiary/aromatic N) is 1. The van der Waals surface area contributed by atoms with Crippen LogP contribution in [0.3, 0.4) is 0 Å². The van der Waals surface area contributed by atoms with Gasteiger partial charge in [0.25, 0.3) is 0 Å². The van der Waals surface area contributed by atoms with Crippen molar-refractivity contribution in [3.8, 4) is 0 Å². The second-order valence-electron chi connectivity index (χ2n) is 5.17. The highest BCUT2D eigenvalue weighted by Crippen LogP contribution is 2.34. The second-order valence-corrected chi connectivity index (χ2v) is 6.69. The molecule has 0 fully saturated rings. The molecule has 0 saturated heterocycles. The third-order valence-electron chi connectivity index (χ3n) is 3.16. The van der Waals surface area contributed by atoms with Gasteiger partial charge in [0.15, 0.2) is 0 Å². The van der Waals surface area contributed by atoms with Crippen molar-refractivity contribution in [2.24, 2.45) is 5.16 Å². The molecule has 0 radical (unpaired) electrons. The van der Waals surface area contributed by atoms with Crippen molar-refractivity contribution in [1.29, 1.82) is 0 Å². The van der Waals surface area contributed by atoms with E-state index in [4.69, 9.17) is 16.7 Å². The van der Waals surface area contributed by atoms with E-state index in [0.29, 0.717) is 15.5 Å². The van der Waals surface area contributed by atoms with Crippen LogP contribution in [0.4, 0.5) is 0 Å². The highest BCUT2D eigenvalue weighted by molar-refractivity contribution is 7.99. The molecular weight excluding hydrogens is 378 g/mol. The minimum atomic E-state index is -1.04. The highest BCUT2D eigenvalue weighted by atomic mass is 35.5. The molecule has 0 spiro atoms. The van der Waals surface area contributed by atoms with E-state index in [2.05, 4.69) is 9.99 Å². The topological polar surface area (TPSA) is 93.0 Å². The van der Waals surface area contributed by atoms with E-state index in [1.54, 1.807) is 30.3 Å². The lowest BCUT2D eigenvalue weighted by Gasteiger charge is -2.06. The van der Waals surface area contributed by atoms with Crippen LogP contribution in [0.2, 0.25) is 5.02 Å². The largest absolute Gasteiger partial charge is 0.478 e. The first-order valence-electron chi connectivity index (χ1n) is 7.35. The van der Waals surface area contributed by atoms with E-state index in [9.17, 15) is 14.4 Å². The number of halogens is 1. The van der Waals surface area contributed by atoms with Crippen LogP contribution in [0.5, 0.6) is 0 Å². The first kappa shape index (κ1) is 19.7. The van der Waals surface area contributed by atoms with E-state index < -0.39 is 11.9 Å². The van der Waals surface area contributed by atoms with Gasteiger partial charge in [0, 0.05) is 22.3 Å². The molecule has 0 atom stereocenters. The van der Waals surface area contributed by atoms with E-state index in [0.717, 1.165) is 4.90 Å². The number of ketones is 1. The molecule has 2 aromatic rings. The van der Waals surface area contributed by atoms with E-state index in [-0.39, 0.29) is 17.1 Å². The van der Waals surface area contributed by atoms with Crippen molar-refractivity contribution in [2.75, 3.05) is 0 Å². The lowest BCUT2D eigenvalue weighted by Crippen LogP contribution is -2.11. The SMILES string of the molecule is CC(=O)ON=C(C)C(=O)c1ccc(Sc2ccc(C(=O)O)cc2Cl)cc1. The Hall–Kier alpha value is -2.64. The fourth-order valence-electron chi connectivity index (χ4n) is 1.90. The molecule has 0 heterocycles. The molecule has 26 heavy (non-hydrogen) atoms. The van der Waals surface area contributed by atoms with Gasteiger partial charge in [0.2, 0.25) is 5.78 Å². The molecule has 0 aliphatic heterocycles. The third kappa shape index (κ3) is 5.18. The van der Waals surface area contributed by atoms with Crippen LogP contribution in [-0.4, -0.2) is 28.5 Å². The van der Waals surface area contributed by atoms with Gasteiger partial charge in [-0.25, -0.2) is 9.59 Å². The maximum absolute atomic E-state index is 12.2. The lowest BCUT2D eigenvalue weighted by atomic mass is 10.1. The fourth-order valence-corrected chi connectivity index (χ4v) is 3.02. The van der Waals surface area contributed by atoms with Crippen molar-refractivity contribution in [2.45, 2.75) is 23.6 Å². The summed E-state index contributed by atoms with van der Waals surface area (Å²) >= 11 is 7.45. The Balaban J connectivity index is 2.12. The molecular formula is C18H14ClNO5S.